The predicted octanol–water partition coefficient (Wildman–Crippen LogP) is 1.99. The lowest BCUT2D eigenvalue weighted by Gasteiger charge is -2.03. The number of aromatic amines is 1. The van der Waals surface area contributed by atoms with Crippen molar-refractivity contribution in [2.75, 3.05) is 0 Å². The fourth-order valence-electron chi connectivity index (χ4n) is 2.03. The predicted molar refractivity (Wildman–Crippen MR) is 86.9 cm³/mol. The molecule has 0 radical (unpaired) electrons. The molecule has 0 aliphatic carbocycles. The molecule has 2 aromatic rings. The van der Waals surface area contributed by atoms with Gasteiger partial charge < -0.3 is 9.88 Å². The zero-order chi connectivity index (χ0) is 16.3. The van der Waals surface area contributed by atoms with Crippen molar-refractivity contribution in [3.05, 3.63) is 33.1 Å². The summed E-state index contributed by atoms with van der Waals surface area (Å²) in [5, 5.41) is 14.2. The van der Waals surface area contributed by atoms with Gasteiger partial charge in [0.25, 0.3) is 0 Å². The van der Waals surface area contributed by atoms with E-state index in [2.05, 4.69) is 20.6 Å². The molecule has 22 heavy (non-hydrogen) atoms. The van der Waals surface area contributed by atoms with Crippen LogP contribution in [0.4, 0.5) is 0 Å². The van der Waals surface area contributed by atoms with Crippen LogP contribution in [0.5, 0.6) is 0 Å². The summed E-state index contributed by atoms with van der Waals surface area (Å²) in [6.45, 7) is 4.79. The van der Waals surface area contributed by atoms with E-state index in [-0.39, 0.29) is 5.91 Å². The Hall–Kier alpha value is -1.93. The summed E-state index contributed by atoms with van der Waals surface area (Å²) in [7, 11) is 1.75. The Bertz CT molecular complexity index is 772. The van der Waals surface area contributed by atoms with Crippen LogP contribution in [0.1, 0.15) is 24.0 Å². The Balaban J connectivity index is 2.01. The third-order valence-corrected chi connectivity index (χ3v) is 3.93. The number of halogens is 1. The van der Waals surface area contributed by atoms with Crippen LogP contribution in [-0.4, -0.2) is 30.5 Å². The van der Waals surface area contributed by atoms with E-state index in [4.69, 9.17) is 23.8 Å². The molecule has 0 saturated carbocycles. The quantitative estimate of drug-likeness (QED) is 0.644. The summed E-state index contributed by atoms with van der Waals surface area (Å²) in [6.07, 6.45) is 3.07. The van der Waals surface area contributed by atoms with Gasteiger partial charge in [-0.15, -0.1) is 0 Å². The minimum Gasteiger partial charge on any atom is -0.345 e. The molecule has 2 aromatic heterocycles. The zero-order valence-corrected chi connectivity index (χ0v) is 14.1. The van der Waals surface area contributed by atoms with Crippen LogP contribution in [-0.2, 0) is 24.9 Å². The Labute approximate surface area is 138 Å². The number of nitrogens with zero attached hydrogens (tertiary/aromatic N) is 4. The van der Waals surface area contributed by atoms with E-state index in [1.165, 1.54) is 6.08 Å². The van der Waals surface area contributed by atoms with Crippen molar-refractivity contribution in [2.24, 2.45) is 7.05 Å². The second-order valence-corrected chi connectivity index (χ2v) is 5.40. The van der Waals surface area contributed by atoms with Gasteiger partial charge in [0.1, 0.15) is 5.15 Å². The van der Waals surface area contributed by atoms with Gasteiger partial charge in [0.15, 0.2) is 10.6 Å². The normalized spacial score (nSPS) is 11.3. The molecule has 0 atom stereocenters. The van der Waals surface area contributed by atoms with Crippen LogP contribution in [0.15, 0.2) is 6.08 Å². The van der Waals surface area contributed by atoms with E-state index in [0.717, 1.165) is 11.3 Å². The molecular formula is C13H17ClN6OS. The molecule has 118 valence electrons. The molecule has 9 heteroatoms. The number of carbonyl (C=O) groups is 1. The monoisotopic (exact) mass is 340 g/mol. The van der Waals surface area contributed by atoms with Crippen molar-refractivity contribution in [3.8, 4) is 0 Å². The fourth-order valence-corrected chi connectivity index (χ4v) is 2.55. The third kappa shape index (κ3) is 3.45. The summed E-state index contributed by atoms with van der Waals surface area (Å²) < 4.78 is 3.93. The van der Waals surface area contributed by atoms with Crippen LogP contribution in [0.2, 0.25) is 5.15 Å². The summed E-state index contributed by atoms with van der Waals surface area (Å²) in [5.41, 5.74) is 1.50. The molecule has 0 spiro atoms. The van der Waals surface area contributed by atoms with Crippen LogP contribution in [0, 0.1) is 11.7 Å². The Kier molecular flexibility index (Phi) is 5.15. The molecule has 0 aliphatic heterocycles. The number of H-pyrrole nitrogens is 1. The number of hydrogen-bond donors (Lipinski definition) is 2. The molecule has 0 fully saturated rings. The Morgan fingerprint density at radius 2 is 2.27 bits per heavy atom. The van der Waals surface area contributed by atoms with Crippen molar-refractivity contribution in [1.29, 1.82) is 0 Å². The van der Waals surface area contributed by atoms with Crippen LogP contribution < -0.4 is 5.32 Å². The first-order valence-corrected chi connectivity index (χ1v) is 7.51. The third-order valence-electron chi connectivity index (χ3n) is 3.17. The highest BCUT2D eigenvalue weighted by Gasteiger charge is 2.09. The Morgan fingerprint density at radius 3 is 2.86 bits per heavy atom. The molecule has 2 rings (SSSR count). The lowest BCUT2D eigenvalue weighted by atomic mass is 10.2. The van der Waals surface area contributed by atoms with Gasteiger partial charge in [0, 0.05) is 25.2 Å². The zero-order valence-electron chi connectivity index (χ0n) is 12.6. The number of nitrogens with one attached hydrogen (secondary N) is 2. The van der Waals surface area contributed by atoms with Crippen molar-refractivity contribution < 1.29 is 4.79 Å². The highest BCUT2D eigenvalue weighted by atomic mass is 35.5. The van der Waals surface area contributed by atoms with Crippen LogP contribution in [0.3, 0.4) is 0 Å². The van der Waals surface area contributed by atoms with Gasteiger partial charge in [0.05, 0.1) is 12.2 Å². The van der Waals surface area contributed by atoms with Gasteiger partial charge in [-0.05, 0) is 32.1 Å². The summed E-state index contributed by atoms with van der Waals surface area (Å²) in [4.78, 5) is 11.9. The maximum atomic E-state index is 11.9. The number of rotatable bonds is 5. The molecular weight excluding hydrogens is 324 g/mol. The second kappa shape index (κ2) is 6.89. The van der Waals surface area contributed by atoms with E-state index in [1.807, 2.05) is 18.4 Å². The van der Waals surface area contributed by atoms with Crippen molar-refractivity contribution in [1.82, 2.24) is 29.9 Å². The molecule has 0 aromatic carbocycles. The van der Waals surface area contributed by atoms with Gasteiger partial charge in [0.2, 0.25) is 5.91 Å². The molecule has 0 saturated heterocycles. The lowest BCUT2D eigenvalue weighted by molar-refractivity contribution is -0.116. The van der Waals surface area contributed by atoms with E-state index >= 15 is 0 Å². The van der Waals surface area contributed by atoms with E-state index in [9.17, 15) is 4.79 Å². The maximum Gasteiger partial charge on any atom is 0.244 e. The number of hydrogen-bond acceptors (Lipinski definition) is 4. The van der Waals surface area contributed by atoms with Gasteiger partial charge in [-0.1, -0.05) is 11.6 Å². The molecule has 1 amide bonds. The fraction of sp³-hybridized carbons (Fsp3) is 0.385. The number of aryl methyl sites for hydroxylation is 2. The van der Waals surface area contributed by atoms with Gasteiger partial charge in [-0.3, -0.25) is 14.6 Å². The number of amides is 1. The van der Waals surface area contributed by atoms with Crippen molar-refractivity contribution >= 4 is 35.8 Å². The van der Waals surface area contributed by atoms with E-state index in [0.29, 0.717) is 28.8 Å². The molecule has 7 nitrogen and oxygen atoms in total. The smallest absolute Gasteiger partial charge is 0.244 e. The van der Waals surface area contributed by atoms with Gasteiger partial charge >= 0.3 is 0 Å². The van der Waals surface area contributed by atoms with Crippen molar-refractivity contribution in [2.45, 2.75) is 26.9 Å². The van der Waals surface area contributed by atoms with Crippen molar-refractivity contribution in [3.63, 3.8) is 0 Å². The molecule has 2 heterocycles. The van der Waals surface area contributed by atoms with Gasteiger partial charge in [-0.2, -0.15) is 10.2 Å². The molecule has 0 unspecified atom stereocenters. The highest BCUT2D eigenvalue weighted by molar-refractivity contribution is 7.71. The van der Waals surface area contributed by atoms with E-state index < -0.39 is 0 Å². The summed E-state index contributed by atoms with van der Waals surface area (Å²) in [6, 6.07) is 0. The first-order valence-electron chi connectivity index (χ1n) is 6.73. The standard InChI is InChI=1S/C13H17ClN6OS/c1-4-20-10(16-17-13(20)22)7-15-11(21)6-5-9-8(2)18-19(3)12(9)14/h5-6H,4,7H2,1-3H3,(H,15,21)(H,17,22). The first-order chi connectivity index (χ1) is 10.4. The minimum atomic E-state index is -0.240. The minimum absolute atomic E-state index is 0.240. The topological polar surface area (TPSA) is 80.5 Å². The number of carbonyl (C=O) groups excluding carboxylic acids is 1. The second-order valence-electron chi connectivity index (χ2n) is 4.65. The van der Waals surface area contributed by atoms with Crippen LogP contribution in [0.25, 0.3) is 6.08 Å². The lowest BCUT2D eigenvalue weighted by Crippen LogP contribution is -2.22. The van der Waals surface area contributed by atoms with E-state index in [1.54, 1.807) is 17.8 Å². The Morgan fingerprint density at radius 1 is 1.55 bits per heavy atom. The largest absolute Gasteiger partial charge is 0.345 e. The molecule has 0 aliphatic rings. The first kappa shape index (κ1) is 16.4. The molecule has 0 bridgehead atoms. The summed E-state index contributed by atoms with van der Waals surface area (Å²) in [5.74, 6) is 0.445. The highest BCUT2D eigenvalue weighted by Crippen LogP contribution is 2.19. The molecule has 2 N–H and O–H groups in total. The van der Waals surface area contributed by atoms with Gasteiger partial charge in [-0.25, -0.2) is 0 Å². The maximum absolute atomic E-state index is 11.9. The average molecular weight is 341 g/mol. The average Bonchev–Trinajstić information content (AvgIpc) is 2.95. The summed E-state index contributed by atoms with van der Waals surface area (Å²) >= 11 is 11.2. The SMILES string of the molecule is CCn1c(CNC(=O)C=Cc2c(C)nn(C)c2Cl)n[nH]c1=S. The number of aromatic nitrogens is 5. The van der Waals surface area contributed by atoms with Crippen LogP contribution >= 0.6 is 23.8 Å².